The van der Waals surface area contributed by atoms with Crippen LogP contribution in [0.1, 0.15) is 23.7 Å². The fourth-order valence-electron chi connectivity index (χ4n) is 2.01. The molecule has 0 bridgehead atoms. The highest BCUT2D eigenvalue weighted by atomic mass is 35.5. The van der Waals surface area contributed by atoms with Crippen molar-refractivity contribution in [2.24, 2.45) is 0 Å². The van der Waals surface area contributed by atoms with Gasteiger partial charge in [0.25, 0.3) is 0 Å². The Morgan fingerprint density at radius 1 is 1.14 bits per heavy atom. The Morgan fingerprint density at radius 2 is 1.81 bits per heavy atom. The third kappa shape index (κ3) is 4.18. The first-order chi connectivity index (χ1) is 10.0. The molecule has 114 valence electrons. The summed E-state index contributed by atoms with van der Waals surface area (Å²) in [6, 6.07) is 6.92. The van der Waals surface area contributed by atoms with Gasteiger partial charge in [-0.05, 0) is 11.1 Å². The van der Waals surface area contributed by atoms with Crippen molar-refractivity contribution < 1.29 is 15.3 Å². The molecule has 0 amide bonds. The monoisotopic (exact) mass is 330 g/mol. The summed E-state index contributed by atoms with van der Waals surface area (Å²) in [6.07, 6.45) is 0.00627. The molecule has 3 N–H and O–H groups in total. The highest BCUT2D eigenvalue weighted by Gasteiger charge is 2.16. The Morgan fingerprint density at radius 3 is 2.33 bits per heavy atom. The lowest BCUT2D eigenvalue weighted by Gasteiger charge is -2.17. The molecule has 1 aromatic carbocycles. The second kappa shape index (κ2) is 7.24. The fraction of sp³-hybridized carbons (Fsp3) is 0.357. The van der Waals surface area contributed by atoms with Crippen molar-refractivity contribution in [3.8, 4) is 0 Å². The van der Waals surface area contributed by atoms with E-state index >= 15 is 0 Å². The van der Waals surface area contributed by atoms with Gasteiger partial charge in [-0.15, -0.1) is 0 Å². The second-order valence-electron chi connectivity index (χ2n) is 4.78. The lowest BCUT2D eigenvalue weighted by atomic mass is 10.0. The number of aliphatic hydroxyl groups excluding tert-OH is 3. The standard InChI is InChI=1S/C14H16Cl2N2O3/c15-13-14(16)18(8-17-13)6-11(20)5-12(21)10-3-1-9(7-19)2-4-10/h1-4,8,11-12,19-21H,5-7H2. The average molecular weight is 331 g/mol. The van der Waals surface area contributed by atoms with E-state index in [4.69, 9.17) is 28.3 Å². The van der Waals surface area contributed by atoms with Gasteiger partial charge in [0, 0.05) is 6.42 Å². The van der Waals surface area contributed by atoms with Crippen LogP contribution in [0.4, 0.5) is 0 Å². The molecule has 5 nitrogen and oxygen atoms in total. The number of aliphatic hydroxyl groups is 3. The minimum Gasteiger partial charge on any atom is -0.392 e. The molecule has 0 aliphatic rings. The summed E-state index contributed by atoms with van der Waals surface area (Å²) in [5, 5.41) is 29.5. The Bertz CT molecular complexity index is 586. The zero-order valence-electron chi connectivity index (χ0n) is 11.2. The van der Waals surface area contributed by atoms with Crippen molar-refractivity contribution in [1.82, 2.24) is 9.55 Å². The highest BCUT2D eigenvalue weighted by Crippen LogP contribution is 2.23. The predicted molar refractivity (Wildman–Crippen MR) is 80.2 cm³/mol. The topological polar surface area (TPSA) is 78.5 Å². The normalized spacial score (nSPS) is 14.1. The first-order valence-corrected chi connectivity index (χ1v) is 7.18. The number of hydrogen-bond acceptors (Lipinski definition) is 4. The predicted octanol–water partition coefficient (Wildman–Crippen LogP) is 2.17. The highest BCUT2D eigenvalue weighted by molar-refractivity contribution is 6.40. The number of aromatic nitrogens is 2. The van der Waals surface area contributed by atoms with Crippen LogP contribution in [0.15, 0.2) is 30.6 Å². The molecule has 0 saturated heterocycles. The van der Waals surface area contributed by atoms with E-state index in [9.17, 15) is 10.2 Å². The van der Waals surface area contributed by atoms with Gasteiger partial charge in [-0.1, -0.05) is 47.5 Å². The van der Waals surface area contributed by atoms with Gasteiger partial charge in [0.15, 0.2) is 5.15 Å². The first kappa shape index (κ1) is 16.3. The fourth-order valence-corrected chi connectivity index (χ4v) is 2.32. The lowest BCUT2D eigenvalue weighted by molar-refractivity contribution is 0.0703. The van der Waals surface area contributed by atoms with E-state index in [1.54, 1.807) is 24.3 Å². The Labute approximate surface area is 132 Å². The van der Waals surface area contributed by atoms with Gasteiger partial charge >= 0.3 is 0 Å². The van der Waals surface area contributed by atoms with Crippen LogP contribution in [-0.2, 0) is 13.2 Å². The van der Waals surface area contributed by atoms with E-state index in [1.165, 1.54) is 10.9 Å². The molecule has 0 radical (unpaired) electrons. The molecule has 2 aromatic rings. The van der Waals surface area contributed by atoms with E-state index in [-0.39, 0.29) is 29.9 Å². The molecule has 0 saturated carbocycles. The molecule has 7 heteroatoms. The maximum Gasteiger partial charge on any atom is 0.166 e. The molecule has 0 aliphatic heterocycles. The van der Waals surface area contributed by atoms with E-state index in [2.05, 4.69) is 4.98 Å². The summed E-state index contributed by atoms with van der Waals surface area (Å²) < 4.78 is 1.52. The van der Waals surface area contributed by atoms with Crippen molar-refractivity contribution in [2.45, 2.75) is 31.8 Å². The third-order valence-corrected chi connectivity index (χ3v) is 3.95. The number of halogens is 2. The minimum atomic E-state index is -0.800. The first-order valence-electron chi connectivity index (χ1n) is 6.43. The van der Waals surface area contributed by atoms with Gasteiger partial charge in [0.05, 0.1) is 31.7 Å². The van der Waals surface area contributed by atoms with Crippen LogP contribution in [0, 0.1) is 0 Å². The van der Waals surface area contributed by atoms with Gasteiger partial charge in [0.2, 0.25) is 0 Å². The summed E-state index contributed by atoms with van der Waals surface area (Å²) in [4.78, 5) is 3.82. The van der Waals surface area contributed by atoms with Crippen LogP contribution in [0.2, 0.25) is 10.3 Å². The van der Waals surface area contributed by atoms with Crippen LogP contribution in [0.25, 0.3) is 0 Å². The van der Waals surface area contributed by atoms with Gasteiger partial charge in [-0.25, -0.2) is 4.98 Å². The zero-order valence-corrected chi connectivity index (χ0v) is 12.7. The number of nitrogens with zero attached hydrogens (tertiary/aromatic N) is 2. The molecular formula is C14H16Cl2N2O3. The summed E-state index contributed by atoms with van der Waals surface area (Å²) >= 11 is 11.6. The second-order valence-corrected chi connectivity index (χ2v) is 5.50. The van der Waals surface area contributed by atoms with E-state index < -0.39 is 12.2 Å². The molecular weight excluding hydrogens is 315 g/mol. The van der Waals surface area contributed by atoms with E-state index in [1.807, 2.05) is 0 Å². The quantitative estimate of drug-likeness (QED) is 0.758. The summed E-state index contributed by atoms with van der Waals surface area (Å²) in [7, 11) is 0. The van der Waals surface area contributed by atoms with Crippen LogP contribution < -0.4 is 0 Å². The molecule has 0 aliphatic carbocycles. The maximum absolute atomic E-state index is 10.1. The maximum atomic E-state index is 10.1. The summed E-state index contributed by atoms with van der Waals surface area (Å²) in [6.45, 7) is 0.156. The Kier molecular flexibility index (Phi) is 5.61. The molecule has 1 aromatic heterocycles. The van der Waals surface area contributed by atoms with Crippen LogP contribution in [0.5, 0.6) is 0 Å². The number of imidazole rings is 1. The largest absolute Gasteiger partial charge is 0.392 e. The van der Waals surface area contributed by atoms with E-state index in [0.717, 1.165) is 5.56 Å². The molecule has 2 rings (SSSR count). The number of hydrogen-bond donors (Lipinski definition) is 3. The minimum absolute atomic E-state index is 0.0428. The Balaban J connectivity index is 1.94. The number of benzene rings is 1. The van der Waals surface area contributed by atoms with Crippen molar-refractivity contribution in [1.29, 1.82) is 0 Å². The molecule has 21 heavy (non-hydrogen) atoms. The van der Waals surface area contributed by atoms with Crippen molar-refractivity contribution in [3.05, 3.63) is 52.0 Å². The van der Waals surface area contributed by atoms with Crippen molar-refractivity contribution in [3.63, 3.8) is 0 Å². The van der Waals surface area contributed by atoms with Gasteiger partial charge in [-0.2, -0.15) is 0 Å². The molecule has 2 atom stereocenters. The van der Waals surface area contributed by atoms with Gasteiger partial charge < -0.3 is 19.9 Å². The third-order valence-electron chi connectivity index (χ3n) is 3.18. The number of rotatable bonds is 6. The van der Waals surface area contributed by atoms with Crippen molar-refractivity contribution >= 4 is 23.2 Å². The van der Waals surface area contributed by atoms with Crippen LogP contribution >= 0.6 is 23.2 Å². The zero-order chi connectivity index (χ0) is 15.4. The molecule has 0 spiro atoms. The van der Waals surface area contributed by atoms with Crippen molar-refractivity contribution in [2.75, 3.05) is 0 Å². The SMILES string of the molecule is OCc1ccc(C(O)CC(O)Cn2cnc(Cl)c2Cl)cc1. The smallest absolute Gasteiger partial charge is 0.166 e. The molecule has 2 unspecified atom stereocenters. The molecule has 0 fully saturated rings. The average Bonchev–Trinajstić information content (AvgIpc) is 2.79. The van der Waals surface area contributed by atoms with Crippen LogP contribution in [0.3, 0.4) is 0 Å². The van der Waals surface area contributed by atoms with E-state index in [0.29, 0.717) is 5.56 Å². The summed E-state index contributed by atoms with van der Waals surface area (Å²) in [5.41, 5.74) is 1.45. The Hall–Kier alpha value is -1.11. The van der Waals surface area contributed by atoms with Gasteiger partial charge in [0.1, 0.15) is 5.15 Å². The van der Waals surface area contributed by atoms with Gasteiger partial charge in [-0.3, -0.25) is 0 Å². The lowest BCUT2D eigenvalue weighted by Crippen LogP contribution is -2.19. The molecule has 1 heterocycles. The summed E-state index contributed by atoms with van der Waals surface area (Å²) in [5.74, 6) is 0. The van der Waals surface area contributed by atoms with Crippen LogP contribution in [-0.4, -0.2) is 31.0 Å².